The van der Waals surface area contributed by atoms with Gasteiger partial charge in [0.25, 0.3) is 10.2 Å². The van der Waals surface area contributed by atoms with Gasteiger partial charge in [0.15, 0.2) is 0 Å². The lowest BCUT2D eigenvalue weighted by molar-refractivity contribution is -0.145. The fourth-order valence-electron chi connectivity index (χ4n) is 0.861. The van der Waals surface area contributed by atoms with Crippen molar-refractivity contribution in [3.8, 4) is 0 Å². The van der Waals surface area contributed by atoms with E-state index in [1.165, 1.54) is 7.11 Å². The molecule has 0 saturated carbocycles. The molecular formula is C7H14N2O7S. The third-order valence-corrected chi connectivity index (χ3v) is 2.75. The standard InChI is InChI=1S/C7H14N2O7S/c1-16-3-2-8-17(14,15)9-5(7(12)13)4-6(10)11/h5,8-9H,2-4H2,1H3,(H,10,11)(H,12,13). The largest absolute Gasteiger partial charge is 0.481 e. The summed E-state index contributed by atoms with van der Waals surface area (Å²) in [5.74, 6) is -2.98. The third kappa shape index (κ3) is 7.63. The molecule has 0 aliphatic heterocycles. The number of carbonyl (C=O) groups is 2. The zero-order chi connectivity index (χ0) is 13.5. The van der Waals surface area contributed by atoms with E-state index in [0.717, 1.165) is 0 Å². The molecule has 100 valence electrons. The molecule has 10 heteroatoms. The average molecular weight is 270 g/mol. The second-order valence-corrected chi connectivity index (χ2v) is 4.53. The first-order valence-electron chi connectivity index (χ1n) is 4.49. The highest BCUT2D eigenvalue weighted by molar-refractivity contribution is 7.87. The van der Waals surface area contributed by atoms with Gasteiger partial charge in [0, 0.05) is 13.7 Å². The first-order valence-corrected chi connectivity index (χ1v) is 5.97. The number of carboxylic acid groups (broad SMARTS) is 2. The van der Waals surface area contributed by atoms with E-state index in [2.05, 4.69) is 4.74 Å². The zero-order valence-corrected chi connectivity index (χ0v) is 9.86. The maximum atomic E-state index is 11.3. The van der Waals surface area contributed by atoms with Gasteiger partial charge in [-0.2, -0.15) is 17.9 Å². The quantitative estimate of drug-likeness (QED) is 0.354. The van der Waals surface area contributed by atoms with Crippen LogP contribution in [0.4, 0.5) is 0 Å². The first-order chi connectivity index (χ1) is 7.78. The van der Waals surface area contributed by atoms with Crippen molar-refractivity contribution in [2.45, 2.75) is 12.5 Å². The Morgan fingerprint density at radius 2 is 1.94 bits per heavy atom. The van der Waals surface area contributed by atoms with Crippen LogP contribution < -0.4 is 9.44 Å². The molecule has 0 aromatic carbocycles. The van der Waals surface area contributed by atoms with Crippen molar-refractivity contribution in [3.63, 3.8) is 0 Å². The number of nitrogens with one attached hydrogen (secondary N) is 2. The van der Waals surface area contributed by atoms with E-state index < -0.39 is 34.6 Å². The predicted octanol–water partition coefficient (Wildman–Crippen LogP) is -2.02. The molecular weight excluding hydrogens is 256 g/mol. The van der Waals surface area contributed by atoms with E-state index in [0.29, 0.717) is 0 Å². The molecule has 0 spiro atoms. The number of carboxylic acids is 2. The molecule has 0 aromatic rings. The molecule has 0 aliphatic rings. The molecule has 17 heavy (non-hydrogen) atoms. The number of methoxy groups -OCH3 is 1. The van der Waals surface area contributed by atoms with E-state index in [-0.39, 0.29) is 13.2 Å². The van der Waals surface area contributed by atoms with Crippen molar-refractivity contribution in [1.29, 1.82) is 0 Å². The molecule has 4 N–H and O–H groups in total. The number of hydrogen-bond donors (Lipinski definition) is 4. The lowest BCUT2D eigenvalue weighted by atomic mass is 10.2. The van der Waals surface area contributed by atoms with Crippen LogP contribution >= 0.6 is 0 Å². The number of aliphatic carboxylic acids is 2. The van der Waals surface area contributed by atoms with E-state index in [1.807, 2.05) is 4.72 Å². The van der Waals surface area contributed by atoms with Crippen molar-refractivity contribution in [2.75, 3.05) is 20.3 Å². The summed E-state index contributed by atoms with van der Waals surface area (Å²) in [6.45, 7) is 0.0584. The molecule has 0 aromatic heterocycles. The third-order valence-electron chi connectivity index (χ3n) is 1.57. The van der Waals surface area contributed by atoms with Crippen LogP contribution in [0.3, 0.4) is 0 Å². The second-order valence-electron chi connectivity index (χ2n) is 3.00. The minimum atomic E-state index is -4.07. The molecule has 0 heterocycles. The minimum absolute atomic E-state index is 0.0504. The molecule has 0 radical (unpaired) electrons. The van der Waals surface area contributed by atoms with E-state index in [1.54, 1.807) is 4.72 Å². The van der Waals surface area contributed by atoms with Crippen molar-refractivity contribution in [3.05, 3.63) is 0 Å². The fraction of sp³-hybridized carbons (Fsp3) is 0.714. The summed E-state index contributed by atoms with van der Waals surface area (Å²) in [6.07, 6.45) is -0.847. The Hall–Kier alpha value is -1.23. The Balaban J connectivity index is 4.42. The average Bonchev–Trinajstić information content (AvgIpc) is 2.15. The Kier molecular flexibility index (Phi) is 6.65. The summed E-state index contributed by atoms with van der Waals surface area (Å²) < 4.78 is 30.8. The Morgan fingerprint density at radius 1 is 1.35 bits per heavy atom. The summed E-state index contributed by atoms with van der Waals surface area (Å²) in [7, 11) is -2.70. The van der Waals surface area contributed by atoms with Crippen LogP contribution in [0.1, 0.15) is 6.42 Å². The smallest absolute Gasteiger partial charge is 0.322 e. The van der Waals surface area contributed by atoms with E-state index in [4.69, 9.17) is 10.2 Å². The van der Waals surface area contributed by atoms with Gasteiger partial charge in [0.05, 0.1) is 13.0 Å². The SMILES string of the molecule is COCCNS(=O)(=O)NC(CC(=O)O)C(=O)O. The van der Waals surface area contributed by atoms with Crippen LogP contribution in [0, 0.1) is 0 Å². The molecule has 0 saturated heterocycles. The normalized spacial score (nSPS) is 13.2. The molecule has 0 rings (SSSR count). The van der Waals surface area contributed by atoms with Gasteiger partial charge < -0.3 is 14.9 Å². The van der Waals surface area contributed by atoms with E-state index in [9.17, 15) is 18.0 Å². The van der Waals surface area contributed by atoms with Crippen molar-refractivity contribution >= 4 is 22.1 Å². The summed E-state index contributed by atoms with van der Waals surface area (Å²) in [6, 6.07) is -1.72. The summed E-state index contributed by atoms with van der Waals surface area (Å²) in [5, 5.41) is 17.0. The Morgan fingerprint density at radius 3 is 2.35 bits per heavy atom. The van der Waals surface area contributed by atoms with Gasteiger partial charge in [-0.25, -0.2) is 0 Å². The van der Waals surface area contributed by atoms with Crippen molar-refractivity contribution < 1.29 is 33.0 Å². The monoisotopic (exact) mass is 270 g/mol. The van der Waals surface area contributed by atoms with Crippen LogP contribution in [0.25, 0.3) is 0 Å². The van der Waals surface area contributed by atoms with Gasteiger partial charge in [0.1, 0.15) is 6.04 Å². The molecule has 1 atom stereocenters. The highest BCUT2D eigenvalue weighted by atomic mass is 32.2. The molecule has 1 unspecified atom stereocenters. The number of ether oxygens (including phenoxy) is 1. The zero-order valence-electron chi connectivity index (χ0n) is 9.04. The van der Waals surface area contributed by atoms with Crippen LogP contribution in [-0.4, -0.2) is 56.9 Å². The molecule has 0 fully saturated rings. The fourth-order valence-corrected chi connectivity index (χ4v) is 1.86. The summed E-state index contributed by atoms with van der Waals surface area (Å²) >= 11 is 0. The number of hydrogen-bond acceptors (Lipinski definition) is 5. The highest BCUT2D eigenvalue weighted by Crippen LogP contribution is 1.95. The Labute approximate surface area is 97.9 Å². The van der Waals surface area contributed by atoms with Crippen LogP contribution in [0.5, 0.6) is 0 Å². The maximum absolute atomic E-state index is 11.3. The van der Waals surface area contributed by atoms with Crippen LogP contribution in [-0.2, 0) is 24.5 Å². The van der Waals surface area contributed by atoms with Gasteiger partial charge in [0.2, 0.25) is 0 Å². The van der Waals surface area contributed by atoms with Gasteiger partial charge in [-0.05, 0) is 0 Å². The predicted molar refractivity (Wildman–Crippen MR) is 55.6 cm³/mol. The lowest BCUT2D eigenvalue weighted by Gasteiger charge is -2.13. The van der Waals surface area contributed by atoms with Gasteiger partial charge in [-0.15, -0.1) is 0 Å². The van der Waals surface area contributed by atoms with Gasteiger partial charge in [-0.1, -0.05) is 0 Å². The maximum Gasteiger partial charge on any atom is 0.322 e. The van der Waals surface area contributed by atoms with Crippen molar-refractivity contribution in [1.82, 2.24) is 9.44 Å². The van der Waals surface area contributed by atoms with E-state index >= 15 is 0 Å². The number of rotatable bonds is 9. The minimum Gasteiger partial charge on any atom is -0.481 e. The molecule has 0 aliphatic carbocycles. The lowest BCUT2D eigenvalue weighted by Crippen LogP contribution is -2.47. The van der Waals surface area contributed by atoms with Crippen molar-refractivity contribution in [2.24, 2.45) is 0 Å². The Bertz CT molecular complexity index is 366. The topological polar surface area (TPSA) is 142 Å². The summed E-state index contributed by atoms with van der Waals surface area (Å²) in [4.78, 5) is 20.9. The van der Waals surface area contributed by atoms with Gasteiger partial charge >= 0.3 is 11.9 Å². The second kappa shape index (κ2) is 7.17. The summed E-state index contributed by atoms with van der Waals surface area (Å²) in [5.41, 5.74) is 0. The molecule has 0 bridgehead atoms. The first kappa shape index (κ1) is 15.8. The van der Waals surface area contributed by atoms with Gasteiger partial charge in [-0.3, -0.25) is 9.59 Å². The van der Waals surface area contributed by atoms with Crippen LogP contribution in [0.2, 0.25) is 0 Å². The highest BCUT2D eigenvalue weighted by Gasteiger charge is 2.25. The molecule has 9 nitrogen and oxygen atoms in total. The molecule has 0 amide bonds. The van der Waals surface area contributed by atoms with Crippen LogP contribution in [0.15, 0.2) is 0 Å².